The van der Waals surface area contributed by atoms with Crippen molar-refractivity contribution in [2.75, 3.05) is 26.2 Å². The van der Waals surface area contributed by atoms with Crippen LogP contribution in [0.2, 0.25) is 0 Å². The van der Waals surface area contributed by atoms with Crippen molar-refractivity contribution in [3.05, 3.63) is 24.4 Å². The van der Waals surface area contributed by atoms with Crippen LogP contribution in [-0.4, -0.2) is 50.7 Å². The number of aromatic nitrogens is 4. The van der Waals surface area contributed by atoms with E-state index in [1.54, 1.807) is 12.5 Å². The van der Waals surface area contributed by atoms with Gasteiger partial charge in [-0.1, -0.05) is 0 Å². The molecule has 1 aliphatic rings. The molecular weight excluding hydrogens is 216 g/mol. The summed E-state index contributed by atoms with van der Waals surface area (Å²) < 4.78 is 1.96. The number of piperazine rings is 1. The summed E-state index contributed by atoms with van der Waals surface area (Å²) in [4.78, 5) is 6.54. The molecule has 17 heavy (non-hydrogen) atoms. The highest BCUT2D eigenvalue weighted by molar-refractivity contribution is 5.35. The number of hydrogen-bond acceptors (Lipinski definition) is 5. The molecule has 3 heterocycles. The Morgan fingerprint density at radius 1 is 1.29 bits per heavy atom. The Morgan fingerprint density at radius 3 is 2.94 bits per heavy atom. The third kappa shape index (κ3) is 1.89. The normalized spacial score (nSPS) is 19.6. The van der Waals surface area contributed by atoms with Crippen LogP contribution in [0.15, 0.2) is 18.6 Å². The van der Waals surface area contributed by atoms with E-state index >= 15 is 0 Å². The average molecular weight is 232 g/mol. The van der Waals surface area contributed by atoms with Gasteiger partial charge in [0.15, 0.2) is 11.5 Å². The van der Waals surface area contributed by atoms with Crippen LogP contribution in [0.1, 0.15) is 18.8 Å². The first-order valence-electron chi connectivity index (χ1n) is 5.95. The van der Waals surface area contributed by atoms with Gasteiger partial charge in [-0.05, 0) is 6.92 Å². The third-order valence-corrected chi connectivity index (χ3v) is 3.31. The lowest BCUT2D eigenvalue weighted by Gasteiger charge is -2.31. The molecule has 2 aromatic heterocycles. The molecule has 0 bridgehead atoms. The molecule has 1 unspecified atom stereocenters. The molecule has 0 saturated carbocycles. The topological polar surface area (TPSA) is 58.4 Å². The van der Waals surface area contributed by atoms with Crippen LogP contribution in [0, 0.1) is 0 Å². The van der Waals surface area contributed by atoms with Crippen molar-refractivity contribution in [1.82, 2.24) is 29.8 Å². The molecule has 1 fully saturated rings. The molecule has 1 saturated heterocycles. The molecule has 1 aliphatic heterocycles. The van der Waals surface area contributed by atoms with Gasteiger partial charge in [-0.15, -0.1) is 10.2 Å². The highest BCUT2D eigenvalue weighted by Crippen LogP contribution is 2.18. The van der Waals surface area contributed by atoms with Crippen LogP contribution >= 0.6 is 0 Å². The van der Waals surface area contributed by atoms with Crippen LogP contribution in [0.5, 0.6) is 0 Å². The van der Waals surface area contributed by atoms with Crippen molar-refractivity contribution >= 4 is 5.65 Å². The lowest BCUT2D eigenvalue weighted by Crippen LogP contribution is -2.44. The van der Waals surface area contributed by atoms with Crippen LogP contribution in [0.3, 0.4) is 0 Å². The summed E-state index contributed by atoms with van der Waals surface area (Å²) in [5.74, 6) is 0.968. The molecule has 1 atom stereocenters. The molecule has 0 radical (unpaired) electrons. The van der Waals surface area contributed by atoms with Gasteiger partial charge in [0, 0.05) is 38.4 Å². The Bertz CT molecular complexity index is 501. The molecule has 2 aromatic rings. The maximum atomic E-state index is 4.28. The molecule has 90 valence electrons. The maximum Gasteiger partial charge on any atom is 0.163 e. The zero-order valence-electron chi connectivity index (χ0n) is 9.87. The van der Waals surface area contributed by atoms with E-state index in [2.05, 4.69) is 32.3 Å². The lowest BCUT2D eigenvalue weighted by atomic mass is 10.2. The first-order valence-corrected chi connectivity index (χ1v) is 5.95. The van der Waals surface area contributed by atoms with Gasteiger partial charge in [-0.25, -0.2) is 4.98 Å². The first-order chi connectivity index (χ1) is 8.36. The van der Waals surface area contributed by atoms with E-state index in [-0.39, 0.29) is 6.04 Å². The summed E-state index contributed by atoms with van der Waals surface area (Å²) in [5, 5.41) is 11.8. The standard InChI is InChI=1S/C11H16N6/c1-9(16-6-4-12-5-7-16)11-15-14-10-2-3-13-8-17(10)11/h2-3,8-9,12H,4-7H2,1H3. The minimum absolute atomic E-state index is 0.274. The molecule has 0 spiro atoms. The van der Waals surface area contributed by atoms with Gasteiger partial charge >= 0.3 is 0 Å². The summed E-state index contributed by atoms with van der Waals surface area (Å²) in [7, 11) is 0. The van der Waals surface area contributed by atoms with Crippen LogP contribution in [0.25, 0.3) is 5.65 Å². The second-order valence-corrected chi connectivity index (χ2v) is 4.33. The Labute approximate surface area is 99.7 Å². The zero-order valence-corrected chi connectivity index (χ0v) is 9.87. The van der Waals surface area contributed by atoms with Gasteiger partial charge in [0.05, 0.1) is 6.04 Å². The summed E-state index contributed by atoms with van der Waals surface area (Å²) in [6, 6.07) is 2.15. The SMILES string of the molecule is CC(c1nnc2ccncn12)N1CCNCC1. The van der Waals surface area contributed by atoms with Gasteiger partial charge in [0.2, 0.25) is 0 Å². The van der Waals surface area contributed by atoms with Crippen LogP contribution < -0.4 is 5.32 Å². The fourth-order valence-electron chi connectivity index (χ4n) is 2.28. The van der Waals surface area contributed by atoms with Gasteiger partial charge in [-0.3, -0.25) is 9.30 Å². The second kappa shape index (κ2) is 4.38. The van der Waals surface area contributed by atoms with Crippen molar-refractivity contribution in [2.24, 2.45) is 0 Å². The van der Waals surface area contributed by atoms with Crippen molar-refractivity contribution in [3.63, 3.8) is 0 Å². The van der Waals surface area contributed by atoms with E-state index in [0.29, 0.717) is 0 Å². The quantitative estimate of drug-likeness (QED) is 0.795. The zero-order chi connectivity index (χ0) is 11.7. The molecule has 0 aliphatic carbocycles. The molecule has 1 N–H and O–H groups in total. The predicted octanol–water partition coefficient (Wildman–Crippen LogP) is 0.0905. The van der Waals surface area contributed by atoms with E-state index in [1.165, 1.54) is 0 Å². The third-order valence-electron chi connectivity index (χ3n) is 3.31. The summed E-state index contributed by atoms with van der Waals surface area (Å²) >= 11 is 0. The van der Waals surface area contributed by atoms with Crippen molar-refractivity contribution < 1.29 is 0 Å². The van der Waals surface area contributed by atoms with E-state index in [9.17, 15) is 0 Å². The molecule has 6 nitrogen and oxygen atoms in total. The fourth-order valence-corrected chi connectivity index (χ4v) is 2.28. The molecule has 6 heteroatoms. The maximum absolute atomic E-state index is 4.28. The van der Waals surface area contributed by atoms with E-state index in [4.69, 9.17) is 0 Å². The van der Waals surface area contributed by atoms with E-state index in [0.717, 1.165) is 37.7 Å². The van der Waals surface area contributed by atoms with Crippen molar-refractivity contribution in [1.29, 1.82) is 0 Å². The predicted molar refractivity (Wildman–Crippen MR) is 63.6 cm³/mol. The van der Waals surface area contributed by atoms with E-state index in [1.807, 2.05) is 10.5 Å². The fraction of sp³-hybridized carbons (Fsp3) is 0.545. The largest absolute Gasteiger partial charge is 0.314 e. The minimum atomic E-state index is 0.274. The number of rotatable bonds is 2. The minimum Gasteiger partial charge on any atom is -0.314 e. The summed E-state index contributed by atoms with van der Waals surface area (Å²) in [6.45, 7) is 6.36. The molecule has 0 aromatic carbocycles. The molecular formula is C11H16N6. The second-order valence-electron chi connectivity index (χ2n) is 4.33. The highest BCUT2D eigenvalue weighted by atomic mass is 15.3. The lowest BCUT2D eigenvalue weighted by molar-refractivity contribution is 0.178. The van der Waals surface area contributed by atoms with Crippen molar-refractivity contribution in [2.45, 2.75) is 13.0 Å². The first kappa shape index (κ1) is 10.6. The smallest absolute Gasteiger partial charge is 0.163 e. The van der Waals surface area contributed by atoms with Crippen LogP contribution in [0.4, 0.5) is 0 Å². The molecule has 3 rings (SSSR count). The Hall–Kier alpha value is -1.53. The monoisotopic (exact) mass is 232 g/mol. The van der Waals surface area contributed by atoms with Gasteiger partial charge in [0.25, 0.3) is 0 Å². The molecule has 0 amide bonds. The number of fused-ring (bicyclic) bond motifs is 1. The number of nitrogens with one attached hydrogen (secondary N) is 1. The summed E-state index contributed by atoms with van der Waals surface area (Å²) in [5.41, 5.74) is 0.858. The van der Waals surface area contributed by atoms with Crippen LogP contribution in [-0.2, 0) is 0 Å². The van der Waals surface area contributed by atoms with Gasteiger partial charge < -0.3 is 5.32 Å². The van der Waals surface area contributed by atoms with Crippen molar-refractivity contribution in [3.8, 4) is 0 Å². The van der Waals surface area contributed by atoms with Gasteiger partial charge in [-0.2, -0.15) is 0 Å². The van der Waals surface area contributed by atoms with E-state index < -0.39 is 0 Å². The highest BCUT2D eigenvalue weighted by Gasteiger charge is 2.22. The average Bonchev–Trinajstić information content (AvgIpc) is 2.83. The number of hydrogen-bond donors (Lipinski definition) is 1. The Morgan fingerprint density at radius 2 is 2.12 bits per heavy atom. The number of nitrogens with zero attached hydrogens (tertiary/aromatic N) is 5. The Balaban J connectivity index is 1.92. The van der Waals surface area contributed by atoms with Gasteiger partial charge in [0.1, 0.15) is 6.33 Å². The Kier molecular flexibility index (Phi) is 2.74. The summed E-state index contributed by atoms with van der Waals surface area (Å²) in [6.07, 6.45) is 3.52.